The molecule has 3 heterocycles. The summed E-state index contributed by atoms with van der Waals surface area (Å²) in [6.45, 7) is 0. The lowest BCUT2D eigenvalue weighted by molar-refractivity contribution is 0.899. The molecule has 0 radical (unpaired) electrons. The fraction of sp³-hybridized carbons (Fsp3) is 0. The molecule has 2 N–H and O–H groups in total. The number of hydrogen-bond acceptors (Lipinski definition) is 4. The van der Waals surface area contributed by atoms with Gasteiger partial charge in [-0.05, 0) is 12.1 Å². The Morgan fingerprint density at radius 2 is 2.00 bits per heavy atom. The zero-order valence-electron chi connectivity index (χ0n) is 9.66. The highest BCUT2D eigenvalue weighted by atomic mass is 16.1. The summed E-state index contributed by atoms with van der Waals surface area (Å²) in [5.41, 5.74) is 2.79. The van der Waals surface area contributed by atoms with Crippen LogP contribution in [0.1, 0.15) is 0 Å². The van der Waals surface area contributed by atoms with Crippen molar-refractivity contribution in [2.24, 2.45) is 0 Å². The first-order chi connectivity index (χ1) is 9.34. The van der Waals surface area contributed by atoms with Crippen LogP contribution in [-0.4, -0.2) is 29.7 Å². The smallest absolute Gasteiger partial charge is 0.261 e. The van der Waals surface area contributed by atoms with Gasteiger partial charge in [-0.1, -0.05) is 6.07 Å². The van der Waals surface area contributed by atoms with Crippen molar-refractivity contribution < 1.29 is 0 Å². The summed E-state index contributed by atoms with van der Waals surface area (Å²) in [5.74, 6) is 0. The van der Waals surface area contributed by atoms with E-state index < -0.39 is 0 Å². The number of aromatic nitrogens is 6. The van der Waals surface area contributed by atoms with E-state index in [2.05, 4.69) is 25.0 Å². The molecule has 0 amide bonds. The molecule has 4 aromatic rings. The first kappa shape index (κ1) is 10.0. The molecule has 0 atom stereocenters. The minimum absolute atomic E-state index is 0.203. The number of rotatable bonds is 1. The first-order valence-corrected chi connectivity index (χ1v) is 5.68. The maximum absolute atomic E-state index is 11.7. The number of para-hydroxylation sites is 1. The van der Waals surface area contributed by atoms with Crippen LogP contribution in [0, 0.1) is 0 Å². The Kier molecular flexibility index (Phi) is 1.85. The third kappa shape index (κ3) is 1.32. The van der Waals surface area contributed by atoms with Gasteiger partial charge in [-0.15, -0.1) is 0 Å². The van der Waals surface area contributed by atoms with E-state index in [4.69, 9.17) is 0 Å². The second-order valence-electron chi connectivity index (χ2n) is 4.10. The maximum atomic E-state index is 11.7. The molecule has 7 heteroatoms. The quantitative estimate of drug-likeness (QED) is 0.528. The lowest BCUT2D eigenvalue weighted by Gasteiger charge is -2.03. The van der Waals surface area contributed by atoms with Crippen LogP contribution in [0.4, 0.5) is 0 Å². The van der Waals surface area contributed by atoms with Crippen molar-refractivity contribution in [3.05, 3.63) is 47.4 Å². The molecule has 1 aromatic carbocycles. The predicted octanol–water partition coefficient (Wildman–Crippen LogP) is 0.985. The van der Waals surface area contributed by atoms with Crippen molar-refractivity contribution in [1.29, 1.82) is 0 Å². The third-order valence-corrected chi connectivity index (χ3v) is 3.03. The molecule has 3 aromatic heterocycles. The Balaban J connectivity index is 2.13. The molecule has 0 spiro atoms. The summed E-state index contributed by atoms with van der Waals surface area (Å²) in [7, 11) is 0. The molecule has 0 unspecified atom stereocenters. The molecule has 4 rings (SSSR count). The van der Waals surface area contributed by atoms with Gasteiger partial charge >= 0.3 is 0 Å². The van der Waals surface area contributed by atoms with Gasteiger partial charge in [0.05, 0.1) is 30.1 Å². The van der Waals surface area contributed by atoms with Gasteiger partial charge in [0.1, 0.15) is 10.9 Å². The average molecular weight is 252 g/mol. The SMILES string of the molecule is O=c1[nH]cnc2c1cnn2-c1cccc2[nH]cnc12. The minimum atomic E-state index is -0.203. The molecule has 0 aliphatic carbocycles. The van der Waals surface area contributed by atoms with Crippen LogP contribution in [0.5, 0.6) is 0 Å². The predicted molar refractivity (Wildman–Crippen MR) is 69.1 cm³/mol. The van der Waals surface area contributed by atoms with Crippen molar-refractivity contribution in [1.82, 2.24) is 29.7 Å². The van der Waals surface area contributed by atoms with Crippen molar-refractivity contribution in [3.8, 4) is 5.69 Å². The lowest BCUT2D eigenvalue weighted by Crippen LogP contribution is -2.06. The van der Waals surface area contributed by atoms with Gasteiger partial charge < -0.3 is 9.97 Å². The number of imidazole rings is 1. The number of nitrogens with zero attached hydrogens (tertiary/aromatic N) is 4. The number of nitrogens with one attached hydrogen (secondary N) is 2. The summed E-state index contributed by atoms with van der Waals surface area (Å²) >= 11 is 0. The van der Waals surface area contributed by atoms with Crippen LogP contribution in [-0.2, 0) is 0 Å². The third-order valence-electron chi connectivity index (χ3n) is 3.03. The largest absolute Gasteiger partial charge is 0.345 e. The van der Waals surface area contributed by atoms with Crippen molar-refractivity contribution in [2.45, 2.75) is 0 Å². The van der Waals surface area contributed by atoms with Gasteiger partial charge in [0.15, 0.2) is 5.65 Å². The Morgan fingerprint density at radius 1 is 1.11 bits per heavy atom. The van der Waals surface area contributed by atoms with Gasteiger partial charge in [0, 0.05) is 0 Å². The van der Waals surface area contributed by atoms with Gasteiger partial charge in [0.2, 0.25) is 0 Å². The Hall–Kier alpha value is -2.96. The van der Waals surface area contributed by atoms with Gasteiger partial charge in [-0.2, -0.15) is 5.10 Å². The van der Waals surface area contributed by atoms with E-state index in [1.165, 1.54) is 12.5 Å². The van der Waals surface area contributed by atoms with Crippen LogP contribution in [0.3, 0.4) is 0 Å². The van der Waals surface area contributed by atoms with Gasteiger partial charge in [-0.3, -0.25) is 4.79 Å². The second kappa shape index (κ2) is 3.52. The number of fused-ring (bicyclic) bond motifs is 2. The highest BCUT2D eigenvalue weighted by Crippen LogP contribution is 2.20. The van der Waals surface area contributed by atoms with Crippen LogP contribution in [0.25, 0.3) is 27.8 Å². The zero-order valence-corrected chi connectivity index (χ0v) is 9.66. The topological polar surface area (TPSA) is 92.2 Å². The first-order valence-electron chi connectivity index (χ1n) is 5.68. The Bertz CT molecular complexity index is 947. The number of benzene rings is 1. The number of hydrogen-bond donors (Lipinski definition) is 2. The maximum Gasteiger partial charge on any atom is 0.261 e. The molecule has 0 aliphatic rings. The van der Waals surface area contributed by atoms with Crippen molar-refractivity contribution in [2.75, 3.05) is 0 Å². The molecule has 7 nitrogen and oxygen atoms in total. The van der Waals surface area contributed by atoms with Crippen LogP contribution in [0.15, 0.2) is 41.8 Å². The van der Waals surface area contributed by atoms with E-state index in [1.807, 2.05) is 18.2 Å². The molecule has 0 saturated carbocycles. The number of H-pyrrole nitrogens is 2. The van der Waals surface area contributed by atoms with Crippen molar-refractivity contribution >= 4 is 22.1 Å². The molecule has 0 bridgehead atoms. The van der Waals surface area contributed by atoms with Gasteiger partial charge in [-0.25, -0.2) is 14.6 Å². The lowest BCUT2D eigenvalue weighted by atomic mass is 10.2. The summed E-state index contributed by atoms with van der Waals surface area (Å²) in [6, 6.07) is 5.72. The van der Waals surface area contributed by atoms with E-state index >= 15 is 0 Å². The number of aromatic amines is 2. The Labute approximate surface area is 105 Å². The normalized spacial score (nSPS) is 11.4. The Morgan fingerprint density at radius 3 is 2.95 bits per heavy atom. The van der Waals surface area contributed by atoms with Crippen LogP contribution in [0.2, 0.25) is 0 Å². The van der Waals surface area contributed by atoms with Crippen LogP contribution < -0.4 is 5.56 Å². The highest BCUT2D eigenvalue weighted by molar-refractivity contribution is 5.86. The molecular formula is C12H8N6O. The van der Waals surface area contributed by atoms with E-state index in [9.17, 15) is 4.79 Å². The van der Waals surface area contributed by atoms with Crippen LogP contribution >= 0.6 is 0 Å². The summed E-state index contributed by atoms with van der Waals surface area (Å²) in [4.78, 5) is 25.7. The van der Waals surface area contributed by atoms with Gasteiger partial charge in [0.25, 0.3) is 5.56 Å². The molecule has 0 saturated heterocycles. The summed E-state index contributed by atoms with van der Waals surface area (Å²) in [6.07, 6.45) is 4.50. The fourth-order valence-corrected chi connectivity index (χ4v) is 2.15. The molecule has 0 fully saturated rings. The van der Waals surface area contributed by atoms with E-state index in [1.54, 1.807) is 11.0 Å². The second-order valence-corrected chi connectivity index (χ2v) is 4.10. The standard InChI is InChI=1S/C12H8N6O/c19-12-7-4-17-18(11(7)15-6-16-12)9-3-1-2-8-10(9)14-5-13-8/h1-6H,(H,13,14)(H,15,16,19). The molecule has 19 heavy (non-hydrogen) atoms. The van der Waals surface area contributed by atoms with E-state index in [0.29, 0.717) is 11.0 Å². The minimum Gasteiger partial charge on any atom is -0.345 e. The monoisotopic (exact) mass is 252 g/mol. The van der Waals surface area contributed by atoms with E-state index in [0.717, 1.165) is 16.7 Å². The highest BCUT2D eigenvalue weighted by Gasteiger charge is 2.12. The zero-order chi connectivity index (χ0) is 12.8. The average Bonchev–Trinajstić information content (AvgIpc) is 3.05. The summed E-state index contributed by atoms with van der Waals surface area (Å²) < 4.78 is 1.62. The fourth-order valence-electron chi connectivity index (χ4n) is 2.15. The van der Waals surface area contributed by atoms with E-state index in [-0.39, 0.29) is 5.56 Å². The summed E-state index contributed by atoms with van der Waals surface area (Å²) in [5, 5.41) is 4.69. The molecule has 0 aliphatic heterocycles. The molecule has 92 valence electrons. The molecular weight excluding hydrogens is 244 g/mol. The van der Waals surface area contributed by atoms with Crippen molar-refractivity contribution in [3.63, 3.8) is 0 Å².